The number of benzene rings is 3. The van der Waals surface area contributed by atoms with Gasteiger partial charge in [0.2, 0.25) is 5.95 Å². The Morgan fingerprint density at radius 3 is 2.50 bits per heavy atom. The first kappa shape index (κ1) is 36.8. The van der Waals surface area contributed by atoms with Gasteiger partial charge in [-0.3, -0.25) is 9.52 Å². The van der Waals surface area contributed by atoms with E-state index in [4.69, 9.17) is 30.5 Å². The first-order valence-electron chi connectivity index (χ1n) is 16.3. The fourth-order valence-electron chi connectivity index (χ4n) is 6.02. The Morgan fingerprint density at radius 2 is 1.83 bits per heavy atom. The van der Waals surface area contributed by atoms with Gasteiger partial charge in [0.1, 0.15) is 39.9 Å². The van der Waals surface area contributed by atoms with Crippen LogP contribution in [0, 0.1) is 11.6 Å². The first-order valence-corrected chi connectivity index (χ1v) is 18.1. The average molecular weight is 760 g/mol. The normalized spacial score (nSPS) is 16.2. The standard InChI is InChI=1S/C35H36ClF2N5O8S/c1-18(44)50-27-17-49-32-23(27)14-21(36)15-28(32)52(46,47)42-25-7-6-24(37)29(30(25)38)19-12-20-16-39-33(41-31(20)26(13-19)48-5)40-22-8-10-43(11-9-22)34(45)51-35(2,3)4/h6-7,12-16,22,27,42H,8-11,17H2,1-5H3,(H,39,40,41). The van der Waals surface area contributed by atoms with Crippen LogP contribution in [0.1, 0.15) is 52.2 Å². The lowest BCUT2D eigenvalue weighted by atomic mass is 10.0. The Morgan fingerprint density at radius 1 is 1.10 bits per heavy atom. The number of amides is 1. The molecule has 17 heteroatoms. The summed E-state index contributed by atoms with van der Waals surface area (Å²) in [5.41, 5.74) is -1.02. The maximum Gasteiger partial charge on any atom is 0.410 e. The number of methoxy groups -OCH3 is 1. The predicted octanol–water partition coefficient (Wildman–Crippen LogP) is 6.85. The predicted molar refractivity (Wildman–Crippen MR) is 188 cm³/mol. The molecule has 2 aliphatic rings. The van der Waals surface area contributed by atoms with Crippen LogP contribution in [0.3, 0.4) is 0 Å². The lowest BCUT2D eigenvalue weighted by Gasteiger charge is -2.33. The van der Waals surface area contributed by atoms with Crippen LogP contribution in [0.4, 0.5) is 25.2 Å². The van der Waals surface area contributed by atoms with Gasteiger partial charge in [0, 0.05) is 48.2 Å². The number of hydrogen-bond acceptors (Lipinski definition) is 11. The van der Waals surface area contributed by atoms with Crippen molar-refractivity contribution < 1.29 is 45.7 Å². The van der Waals surface area contributed by atoms with Crippen molar-refractivity contribution in [1.82, 2.24) is 14.9 Å². The van der Waals surface area contributed by atoms with Gasteiger partial charge in [-0.2, -0.15) is 0 Å². The minimum absolute atomic E-state index is 0.00876. The number of nitrogens with one attached hydrogen (secondary N) is 2. The fourth-order valence-corrected chi connectivity index (χ4v) is 7.57. The number of fused-ring (bicyclic) bond motifs is 2. The van der Waals surface area contributed by atoms with E-state index in [-0.39, 0.29) is 46.4 Å². The third-order valence-electron chi connectivity index (χ3n) is 8.34. The number of halogens is 3. The van der Waals surface area contributed by atoms with E-state index in [9.17, 15) is 18.0 Å². The summed E-state index contributed by atoms with van der Waals surface area (Å²) in [6.45, 7) is 7.49. The van der Waals surface area contributed by atoms with E-state index in [1.54, 1.807) is 4.90 Å². The number of rotatable bonds is 8. The summed E-state index contributed by atoms with van der Waals surface area (Å²) >= 11 is 6.21. The van der Waals surface area contributed by atoms with Crippen molar-refractivity contribution >= 4 is 56.2 Å². The number of nitrogens with zero attached hydrogens (tertiary/aromatic N) is 3. The molecule has 0 spiro atoms. The second-order valence-corrected chi connectivity index (χ2v) is 15.4. The van der Waals surface area contributed by atoms with Gasteiger partial charge >= 0.3 is 12.1 Å². The van der Waals surface area contributed by atoms with Gasteiger partial charge in [0.15, 0.2) is 11.9 Å². The Bertz CT molecular complexity index is 2180. The van der Waals surface area contributed by atoms with Crippen LogP contribution >= 0.6 is 11.6 Å². The van der Waals surface area contributed by atoms with Gasteiger partial charge < -0.3 is 29.2 Å². The minimum Gasteiger partial charge on any atom is -0.494 e. The average Bonchev–Trinajstić information content (AvgIpc) is 3.46. The van der Waals surface area contributed by atoms with Crippen LogP contribution < -0.4 is 19.5 Å². The van der Waals surface area contributed by atoms with E-state index in [0.717, 1.165) is 18.2 Å². The van der Waals surface area contributed by atoms with E-state index >= 15 is 8.78 Å². The molecule has 276 valence electrons. The third-order valence-corrected chi connectivity index (χ3v) is 9.93. The molecule has 3 aromatic carbocycles. The molecule has 1 amide bonds. The van der Waals surface area contributed by atoms with Crippen LogP contribution in [0.15, 0.2) is 47.5 Å². The Balaban J connectivity index is 1.24. The quantitative estimate of drug-likeness (QED) is 0.181. The molecule has 13 nitrogen and oxygen atoms in total. The van der Waals surface area contributed by atoms with Gasteiger partial charge in [-0.25, -0.2) is 32.0 Å². The lowest BCUT2D eigenvalue weighted by Crippen LogP contribution is -2.44. The van der Waals surface area contributed by atoms with E-state index in [1.807, 2.05) is 20.8 Å². The highest BCUT2D eigenvalue weighted by molar-refractivity contribution is 7.92. The molecule has 1 aromatic heterocycles. The summed E-state index contributed by atoms with van der Waals surface area (Å²) in [6.07, 6.45) is 1.50. The van der Waals surface area contributed by atoms with Crippen LogP contribution in [0.25, 0.3) is 22.0 Å². The molecule has 0 radical (unpaired) electrons. The first-order chi connectivity index (χ1) is 24.5. The van der Waals surface area contributed by atoms with E-state index < -0.39 is 55.5 Å². The summed E-state index contributed by atoms with van der Waals surface area (Å²) in [7, 11) is -3.18. The summed E-state index contributed by atoms with van der Waals surface area (Å²) in [5.74, 6) is -2.37. The molecule has 1 fully saturated rings. The topological polar surface area (TPSA) is 158 Å². The highest BCUT2D eigenvalue weighted by Crippen LogP contribution is 2.43. The SMILES string of the molecule is COc1cc(-c2c(F)ccc(NS(=O)(=O)c3cc(Cl)cc4c3OCC4OC(C)=O)c2F)cc2cnc(NC3CCN(C(=O)OC(C)(C)C)CC3)nc12. The number of sulfonamides is 1. The van der Waals surface area contributed by atoms with Gasteiger partial charge in [0.05, 0.1) is 18.4 Å². The highest BCUT2D eigenvalue weighted by atomic mass is 35.5. The van der Waals surface area contributed by atoms with Crippen molar-refractivity contribution in [3.05, 3.63) is 64.8 Å². The summed E-state index contributed by atoms with van der Waals surface area (Å²) in [6, 6.07) is 7.26. The third kappa shape index (κ3) is 7.77. The molecule has 2 aliphatic heterocycles. The molecule has 0 aliphatic carbocycles. The lowest BCUT2D eigenvalue weighted by molar-refractivity contribution is -0.147. The molecule has 2 N–H and O–H groups in total. The van der Waals surface area contributed by atoms with Gasteiger partial charge in [-0.05, 0) is 75.6 Å². The molecular formula is C35H36ClF2N5O8S. The highest BCUT2D eigenvalue weighted by Gasteiger charge is 2.35. The summed E-state index contributed by atoms with van der Waals surface area (Å²) < 4.78 is 82.6. The molecule has 1 atom stereocenters. The van der Waals surface area contributed by atoms with Crippen molar-refractivity contribution in [2.24, 2.45) is 0 Å². The largest absolute Gasteiger partial charge is 0.494 e. The molecule has 52 heavy (non-hydrogen) atoms. The number of esters is 1. The van der Waals surface area contributed by atoms with E-state index in [0.29, 0.717) is 42.8 Å². The van der Waals surface area contributed by atoms with Crippen molar-refractivity contribution in [2.45, 2.75) is 63.2 Å². The van der Waals surface area contributed by atoms with Crippen molar-refractivity contribution in [2.75, 3.05) is 36.8 Å². The van der Waals surface area contributed by atoms with Gasteiger partial charge in [-0.1, -0.05) is 11.6 Å². The van der Waals surface area contributed by atoms with Crippen molar-refractivity contribution in [1.29, 1.82) is 0 Å². The number of aromatic nitrogens is 2. The number of ether oxygens (including phenoxy) is 4. The summed E-state index contributed by atoms with van der Waals surface area (Å²) in [4.78, 5) is 34.2. The molecular weight excluding hydrogens is 724 g/mol. The van der Waals surface area contributed by atoms with Crippen molar-refractivity contribution in [3.63, 3.8) is 0 Å². The Kier molecular flexibility index (Phi) is 10.1. The van der Waals surface area contributed by atoms with Crippen LogP contribution in [-0.2, 0) is 24.3 Å². The number of hydrogen-bond donors (Lipinski definition) is 2. The molecule has 0 bridgehead atoms. The summed E-state index contributed by atoms with van der Waals surface area (Å²) in [5, 5.41) is 3.70. The van der Waals surface area contributed by atoms with Crippen LogP contribution in [0.2, 0.25) is 5.02 Å². The number of carbonyl (C=O) groups excluding carboxylic acids is 2. The molecule has 6 rings (SSSR count). The zero-order valence-electron chi connectivity index (χ0n) is 28.9. The molecule has 0 saturated carbocycles. The van der Waals surface area contributed by atoms with Crippen LogP contribution in [-0.4, -0.2) is 73.8 Å². The number of likely N-dealkylation sites (tertiary alicyclic amines) is 1. The minimum atomic E-state index is -4.57. The monoisotopic (exact) mass is 759 g/mol. The molecule has 1 unspecified atom stereocenters. The second kappa shape index (κ2) is 14.2. The number of carbonyl (C=O) groups is 2. The molecule has 4 aromatic rings. The maximum atomic E-state index is 16.1. The Labute approximate surface area is 303 Å². The van der Waals surface area contributed by atoms with Crippen molar-refractivity contribution in [3.8, 4) is 22.6 Å². The maximum absolute atomic E-state index is 16.1. The fraction of sp³-hybridized carbons (Fsp3) is 0.371. The van der Waals surface area contributed by atoms with E-state index in [1.165, 1.54) is 38.4 Å². The zero-order chi connectivity index (χ0) is 37.5. The second-order valence-electron chi connectivity index (χ2n) is 13.3. The zero-order valence-corrected chi connectivity index (χ0v) is 30.5. The van der Waals surface area contributed by atoms with Gasteiger partial charge in [0.25, 0.3) is 10.0 Å². The van der Waals surface area contributed by atoms with E-state index in [2.05, 4.69) is 20.0 Å². The van der Waals surface area contributed by atoms with Gasteiger partial charge in [-0.15, -0.1) is 0 Å². The Hall–Kier alpha value is -4.96. The molecule has 1 saturated heterocycles. The molecule has 3 heterocycles. The number of piperidine rings is 1. The smallest absolute Gasteiger partial charge is 0.410 e. The van der Waals surface area contributed by atoms with Crippen LogP contribution in [0.5, 0.6) is 11.5 Å². The number of anilines is 2.